The van der Waals surface area contributed by atoms with Crippen LogP contribution < -0.4 is 10.2 Å². The summed E-state index contributed by atoms with van der Waals surface area (Å²) in [6, 6.07) is 5.41. The lowest BCUT2D eigenvalue weighted by atomic mass is 10.2. The van der Waals surface area contributed by atoms with Gasteiger partial charge in [0.15, 0.2) is 0 Å². The highest BCUT2D eigenvalue weighted by Crippen LogP contribution is 2.28. The molecular formula is C11H11BrN2O2. The molecule has 1 fully saturated rings. The van der Waals surface area contributed by atoms with Gasteiger partial charge < -0.3 is 0 Å². The van der Waals surface area contributed by atoms with Gasteiger partial charge in [0.25, 0.3) is 0 Å². The topological polar surface area (TPSA) is 49.4 Å². The molecule has 1 heterocycles. The van der Waals surface area contributed by atoms with Gasteiger partial charge in [-0.25, -0.2) is 4.79 Å². The number of carbonyl (C=O) groups excluding carboxylic acids is 2. The third-order valence-electron chi connectivity index (χ3n) is 2.45. The number of rotatable bonds is 1. The number of hydrogen-bond donors (Lipinski definition) is 1. The van der Waals surface area contributed by atoms with Crippen LogP contribution >= 0.6 is 15.9 Å². The summed E-state index contributed by atoms with van der Waals surface area (Å²) in [4.78, 5) is 24.2. The standard InChI is InChI=1S/C11H11BrN2O2/c1-7-2-3-8(12)9(6-7)14-5-4-10(15)13-11(14)16/h2-3,6H,4-5H2,1H3,(H,13,15,16). The molecule has 5 heteroatoms. The molecule has 0 bridgehead atoms. The molecule has 0 aromatic heterocycles. The van der Waals surface area contributed by atoms with Crippen LogP contribution in [0, 0.1) is 6.92 Å². The summed E-state index contributed by atoms with van der Waals surface area (Å²) in [5.41, 5.74) is 1.87. The Hall–Kier alpha value is -1.36. The zero-order valence-corrected chi connectivity index (χ0v) is 10.4. The molecule has 3 amide bonds. The van der Waals surface area contributed by atoms with Crippen molar-refractivity contribution in [1.82, 2.24) is 5.32 Å². The van der Waals surface area contributed by atoms with Crippen LogP contribution in [-0.2, 0) is 4.79 Å². The van der Waals surface area contributed by atoms with E-state index in [9.17, 15) is 9.59 Å². The van der Waals surface area contributed by atoms with Crippen LogP contribution in [0.1, 0.15) is 12.0 Å². The first-order valence-electron chi connectivity index (χ1n) is 4.95. The maximum atomic E-state index is 11.6. The number of imide groups is 1. The molecule has 0 saturated carbocycles. The minimum atomic E-state index is -0.359. The molecule has 1 aromatic carbocycles. The van der Waals surface area contributed by atoms with Gasteiger partial charge in [-0.05, 0) is 40.5 Å². The number of halogens is 1. The lowest BCUT2D eigenvalue weighted by molar-refractivity contribution is -0.120. The molecule has 0 radical (unpaired) electrons. The van der Waals surface area contributed by atoms with Crippen LogP contribution in [0.5, 0.6) is 0 Å². The minimum absolute atomic E-state index is 0.218. The average molecular weight is 283 g/mol. The van der Waals surface area contributed by atoms with Crippen molar-refractivity contribution in [2.45, 2.75) is 13.3 Å². The Labute approximate surface area is 102 Å². The average Bonchev–Trinajstić information content (AvgIpc) is 2.22. The second-order valence-corrected chi connectivity index (χ2v) is 4.56. The van der Waals surface area contributed by atoms with Crippen LogP contribution in [0.25, 0.3) is 0 Å². The summed E-state index contributed by atoms with van der Waals surface area (Å²) in [5.74, 6) is -0.218. The second-order valence-electron chi connectivity index (χ2n) is 3.71. The molecule has 1 aliphatic heterocycles. The lowest BCUT2D eigenvalue weighted by Gasteiger charge is -2.27. The largest absolute Gasteiger partial charge is 0.328 e. The van der Waals surface area contributed by atoms with E-state index in [4.69, 9.17) is 0 Å². The minimum Gasteiger partial charge on any atom is -0.292 e. The van der Waals surface area contributed by atoms with Gasteiger partial charge in [-0.1, -0.05) is 6.07 Å². The van der Waals surface area contributed by atoms with Crippen molar-refractivity contribution in [3.05, 3.63) is 28.2 Å². The molecular weight excluding hydrogens is 272 g/mol. The van der Waals surface area contributed by atoms with Crippen LogP contribution in [0.3, 0.4) is 0 Å². The number of hydrogen-bond acceptors (Lipinski definition) is 2. The Morgan fingerprint density at radius 3 is 2.81 bits per heavy atom. The maximum Gasteiger partial charge on any atom is 0.328 e. The van der Waals surface area contributed by atoms with Crippen molar-refractivity contribution in [2.24, 2.45) is 0 Å². The van der Waals surface area contributed by atoms with Crippen molar-refractivity contribution in [1.29, 1.82) is 0 Å². The number of benzene rings is 1. The second kappa shape index (κ2) is 4.25. The summed E-state index contributed by atoms with van der Waals surface area (Å²) in [5, 5.41) is 2.30. The smallest absolute Gasteiger partial charge is 0.292 e. The van der Waals surface area contributed by atoms with Crippen molar-refractivity contribution in [2.75, 3.05) is 11.4 Å². The lowest BCUT2D eigenvalue weighted by Crippen LogP contribution is -2.49. The zero-order chi connectivity index (χ0) is 11.7. The first kappa shape index (κ1) is 11.1. The van der Waals surface area contributed by atoms with E-state index in [-0.39, 0.29) is 11.9 Å². The number of anilines is 1. The number of urea groups is 1. The van der Waals surface area contributed by atoms with Gasteiger partial charge in [0, 0.05) is 17.4 Å². The Bertz CT molecular complexity index is 459. The number of nitrogens with zero attached hydrogens (tertiary/aromatic N) is 1. The van der Waals surface area contributed by atoms with Crippen LogP contribution in [0.15, 0.2) is 22.7 Å². The van der Waals surface area contributed by atoms with E-state index >= 15 is 0 Å². The fourth-order valence-corrected chi connectivity index (χ4v) is 2.08. The molecule has 0 spiro atoms. The summed E-state index contributed by atoms with van der Waals surface area (Å²) in [6.07, 6.45) is 0.339. The van der Waals surface area contributed by atoms with Gasteiger partial charge >= 0.3 is 6.03 Å². The summed E-state index contributed by atoms with van der Waals surface area (Å²) < 4.78 is 0.850. The molecule has 0 unspecified atom stereocenters. The van der Waals surface area contributed by atoms with Crippen molar-refractivity contribution in [3.8, 4) is 0 Å². The van der Waals surface area contributed by atoms with Gasteiger partial charge in [-0.2, -0.15) is 0 Å². The van der Waals surface area contributed by atoms with E-state index < -0.39 is 0 Å². The Morgan fingerprint density at radius 1 is 1.38 bits per heavy atom. The molecule has 1 aromatic rings. The molecule has 2 rings (SSSR count). The molecule has 4 nitrogen and oxygen atoms in total. The maximum absolute atomic E-state index is 11.6. The summed E-state index contributed by atoms with van der Waals surface area (Å²) in [6.45, 7) is 2.38. The van der Waals surface area contributed by atoms with Crippen molar-refractivity contribution >= 4 is 33.6 Å². The number of aryl methyl sites for hydroxylation is 1. The molecule has 0 aliphatic carbocycles. The van der Waals surface area contributed by atoms with E-state index in [1.165, 1.54) is 0 Å². The highest BCUT2D eigenvalue weighted by molar-refractivity contribution is 9.10. The third kappa shape index (κ3) is 2.09. The highest BCUT2D eigenvalue weighted by Gasteiger charge is 2.25. The van der Waals surface area contributed by atoms with Gasteiger partial charge in [0.2, 0.25) is 5.91 Å². The SMILES string of the molecule is Cc1ccc(Br)c(N2CCC(=O)NC2=O)c1. The number of carbonyl (C=O) groups is 2. The molecule has 1 saturated heterocycles. The highest BCUT2D eigenvalue weighted by atomic mass is 79.9. The number of nitrogens with one attached hydrogen (secondary N) is 1. The predicted molar refractivity (Wildman–Crippen MR) is 64.4 cm³/mol. The Balaban J connectivity index is 2.33. The monoisotopic (exact) mass is 282 g/mol. The van der Waals surface area contributed by atoms with E-state index in [1.54, 1.807) is 4.90 Å². The van der Waals surface area contributed by atoms with E-state index in [2.05, 4.69) is 21.2 Å². The van der Waals surface area contributed by atoms with Gasteiger partial charge in [-0.3, -0.25) is 15.0 Å². The molecule has 1 N–H and O–H groups in total. The van der Waals surface area contributed by atoms with E-state index in [1.807, 2.05) is 25.1 Å². The first-order valence-corrected chi connectivity index (χ1v) is 5.75. The molecule has 0 atom stereocenters. The summed E-state index contributed by atoms with van der Waals surface area (Å²) >= 11 is 3.40. The number of amides is 3. The normalized spacial score (nSPS) is 16.2. The van der Waals surface area contributed by atoms with Gasteiger partial charge in [0.1, 0.15) is 0 Å². The van der Waals surface area contributed by atoms with Gasteiger partial charge in [0.05, 0.1) is 5.69 Å². The predicted octanol–water partition coefficient (Wildman–Crippen LogP) is 2.20. The van der Waals surface area contributed by atoms with E-state index in [0.29, 0.717) is 13.0 Å². The zero-order valence-electron chi connectivity index (χ0n) is 8.79. The van der Waals surface area contributed by atoms with Crippen LogP contribution in [0.4, 0.5) is 10.5 Å². The Kier molecular flexibility index (Phi) is 2.96. The van der Waals surface area contributed by atoms with Crippen molar-refractivity contribution < 1.29 is 9.59 Å². The molecule has 84 valence electrons. The fraction of sp³-hybridized carbons (Fsp3) is 0.273. The van der Waals surface area contributed by atoms with Crippen LogP contribution in [-0.4, -0.2) is 18.5 Å². The fourth-order valence-electron chi connectivity index (χ4n) is 1.62. The Morgan fingerprint density at radius 2 is 2.12 bits per heavy atom. The van der Waals surface area contributed by atoms with Gasteiger partial charge in [-0.15, -0.1) is 0 Å². The van der Waals surface area contributed by atoms with Crippen LogP contribution in [0.2, 0.25) is 0 Å². The quantitative estimate of drug-likeness (QED) is 0.859. The first-order chi connectivity index (χ1) is 7.58. The summed E-state index contributed by atoms with van der Waals surface area (Å²) in [7, 11) is 0. The molecule has 1 aliphatic rings. The molecule has 16 heavy (non-hydrogen) atoms. The van der Waals surface area contributed by atoms with Crippen molar-refractivity contribution in [3.63, 3.8) is 0 Å². The van der Waals surface area contributed by atoms with E-state index in [0.717, 1.165) is 15.7 Å². The third-order valence-corrected chi connectivity index (χ3v) is 3.12.